The molecule has 1 unspecified atom stereocenters. The van der Waals surface area contributed by atoms with Crippen molar-refractivity contribution in [3.63, 3.8) is 0 Å². The quantitative estimate of drug-likeness (QED) is 0.751. The molecule has 82 valence electrons. The van der Waals surface area contributed by atoms with E-state index in [1.807, 2.05) is 6.92 Å². The number of nitrogens with one attached hydrogen (secondary N) is 1. The average molecular weight is 219 g/mol. The van der Waals surface area contributed by atoms with Gasteiger partial charge >= 0.3 is 0 Å². The number of carbonyl (C=O) groups excluding carboxylic acids is 1. The molecule has 1 amide bonds. The van der Waals surface area contributed by atoms with Crippen molar-refractivity contribution >= 4 is 15.7 Å². The van der Waals surface area contributed by atoms with Crippen LogP contribution in [0.4, 0.5) is 0 Å². The van der Waals surface area contributed by atoms with Crippen LogP contribution in [0.2, 0.25) is 0 Å². The lowest BCUT2D eigenvalue weighted by molar-refractivity contribution is -0.120. The van der Waals surface area contributed by atoms with E-state index in [1.54, 1.807) is 0 Å². The molecule has 1 heterocycles. The van der Waals surface area contributed by atoms with Crippen LogP contribution >= 0.6 is 0 Å². The highest BCUT2D eigenvalue weighted by Gasteiger charge is 2.34. The van der Waals surface area contributed by atoms with Gasteiger partial charge in [0.15, 0.2) is 9.84 Å². The number of carbonyl (C=O) groups is 1. The highest BCUT2D eigenvalue weighted by Crippen LogP contribution is 2.19. The first-order valence-corrected chi connectivity index (χ1v) is 6.78. The van der Waals surface area contributed by atoms with Crippen molar-refractivity contribution in [1.29, 1.82) is 0 Å². The zero-order chi connectivity index (χ0) is 10.6. The summed E-state index contributed by atoms with van der Waals surface area (Å²) < 4.78 is 23.1. The fourth-order valence-electron chi connectivity index (χ4n) is 1.61. The summed E-state index contributed by atoms with van der Waals surface area (Å²) in [7, 11) is -3.17. The molecule has 1 fully saturated rings. The molecule has 1 saturated heterocycles. The average Bonchev–Trinajstić information content (AvgIpc) is 2.13. The second kappa shape index (κ2) is 4.77. The van der Waals surface area contributed by atoms with Crippen molar-refractivity contribution in [1.82, 2.24) is 5.32 Å². The summed E-state index contributed by atoms with van der Waals surface area (Å²) in [6.07, 6.45) is 2.85. The summed E-state index contributed by atoms with van der Waals surface area (Å²) in [6, 6.07) is 0. The second-order valence-electron chi connectivity index (χ2n) is 3.64. The van der Waals surface area contributed by atoms with Gasteiger partial charge in [-0.2, -0.15) is 0 Å². The lowest BCUT2D eigenvalue weighted by Crippen LogP contribution is -2.43. The second-order valence-corrected chi connectivity index (χ2v) is 5.95. The predicted molar refractivity (Wildman–Crippen MR) is 54.7 cm³/mol. The Morgan fingerprint density at radius 3 is 2.71 bits per heavy atom. The van der Waals surface area contributed by atoms with E-state index in [9.17, 15) is 13.2 Å². The van der Waals surface area contributed by atoms with Crippen molar-refractivity contribution in [2.45, 2.75) is 37.9 Å². The van der Waals surface area contributed by atoms with Crippen LogP contribution in [0.3, 0.4) is 0 Å². The van der Waals surface area contributed by atoms with Crippen LogP contribution < -0.4 is 5.32 Å². The standard InChI is InChI=1S/C9H17NO3S/c1-2-6-10-9(11)8-5-3-4-7-14(8,12)13/h8H,2-7H2,1H3,(H,10,11). The molecular weight excluding hydrogens is 202 g/mol. The first-order valence-electron chi connectivity index (χ1n) is 5.07. The molecule has 0 radical (unpaired) electrons. The molecule has 0 bridgehead atoms. The summed E-state index contributed by atoms with van der Waals surface area (Å²) >= 11 is 0. The van der Waals surface area contributed by atoms with Gasteiger partial charge in [-0.3, -0.25) is 4.79 Å². The lowest BCUT2D eigenvalue weighted by Gasteiger charge is -2.21. The zero-order valence-electron chi connectivity index (χ0n) is 8.45. The predicted octanol–water partition coefficient (Wildman–Crippen LogP) is 0.480. The van der Waals surface area contributed by atoms with E-state index >= 15 is 0 Å². The van der Waals surface area contributed by atoms with Crippen molar-refractivity contribution in [3.05, 3.63) is 0 Å². The molecule has 0 aliphatic carbocycles. The molecule has 1 atom stereocenters. The Kier molecular flexibility index (Phi) is 3.92. The van der Waals surface area contributed by atoms with E-state index in [1.165, 1.54) is 0 Å². The minimum atomic E-state index is -3.17. The zero-order valence-corrected chi connectivity index (χ0v) is 9.27. The molecule has 0 aromatic rings. The van der Waals surface area contributed by atoms with Gasteiger partial charge in [0.2, 0.25) is 5.91 Å². The smallest absolute Gasteiger partial charge is 0.238 e. The summed E-state index contributed by atoms with van der Waals surface area (Å²) in [6.45, 7) is 2.50. The fourth-order valence-corrected chi connectivity index (χ4v) is 3.44. The Labute approximate surface area is 85.0 Å². The van der Waals surface area contributed by atoms with Gasteiger partial charge in [0.25, 0.3) is 0 Å². The highest BCUT2D eigenvalue weighted by atomic mass is 32.2. The van der Waals surface area contributed by atoms with Crippen LogP contribution in [0.1, 0.15) is 32.6 Å². The highest BCUT2D eigenvalue weighted by molar-refractivity contribution is 7.92. The molecule has 4 nitrogen and oxygen atoms in total. The topological polar surface area (TPSA) is 63.2 Å². The third-order valence-electron chi connectivity index (χ3n) is 2.42. The molecule has 1 aliphatic heterocycles. The Hall–Kier alpha value is -0.580. The SMILES string of the molecule is CCCNC(=O)C1CCCCS1(=O)=O. The molecule has 14 heavy (non-hydrogen) atoms. The molecule has 1 N–H and O–H groups in total. The Balaban J connectivity index is 2.61. The van der Waals surface area contributed by atoms with E-state index in [0.29, 0.717) is 19.4 Å². The maximum atomic E-state index is 11.5. The molecule has 0 aromatic heterocycles. The maximum Gasteiger partial charge on any atom is 0.238 e. The van der Waals surface area contributed by atoms with Gasteiger partial charge in [0, 0.05) is 6.54 Å². The maximum absolute atomic E-state index is 11.5. The van der Waals surface area contributed by atoms with Crippen LogP contribution in [0.5, 0.6) is 0 Å². The van der Waals surface area contributed by atoms with Gasteiger partial charge in [0.1, 0.15) is 5.25 Å². The van der Waals surface area contributed by atoms with E-state index < -0.39 is 15.1 Å². The monoisotopic (exact) mass is 219 g/mol. The van der Waals surface area contributed by atoms with Crippen LogP contribution in [-0.2, 0) is 14.6 Å². The van der Waals surface area contributed by atoms with Crippen LogP contribution in [0, 0.1) is 0 Å². The molecule has 0 spiro atoms. The van der Waals surface area contributed by atoms with Crippen molar-refractivity contribution in [2.24, 2.45) is 0 Å². The lowest BCUT2D eigenvalue weighted by atomic mass is 10.2. The van der Waals surface area contributed by atoms with Crippen LogP contribution in [-0.4, -0.2) is 31.9 Å². The first kappa shape index (κ1) is 11.5. The first-order chi connectivity index (χ1) is 6.58. The molecule has 1 aliphatic rings. The van der Waals surface area contributed by atoms with E-state index in [-0.39, 0.29) is 11.7 Å². The van der Waals surface area contributed by atoms with Gasteiger partial charge in [0.05, 0.1) is 5.75 Å². The molecule has 1 rings (SSSR count). The number of hydrogen-bond acceptors (Lipinski definition) is 3. The van der Waals surface area contributed by atoms with Gasteiger partial charge in [-0.25, -0.2) is 8.42 Å². The summed E-state index contributed by atoms with van der Waals surface area (Å²) in [5, 5.41) is 1.85. The third-order valence-corrected chi connectivity index (χ3v) is 4.59. The van der Waals surface area contributed by atoms with Crippen molar-refractivity contribution in [3.8, 4) is 0 Å². The van der Waals surface area contributed by atoms with Gasteiger partial charge < -0.3 is 5.32 Å². The Bertz CT molecular complexity index is 297. The Morgan fingerprint density at radius 1 is 1.43 bits per heavy atom. The van der Waals surface area contributed by atoms with Gasteiger partial charge in [-0.05, 0) is 19.3 Å². The van der Waals surface area contributed by atoms with Crippen molar-refractivity contribution in [2.75, 3.05) is 12.3 Å². The van der Waals surface area contributed by atoms with E-state index in [4.69, 9.17) is 0 Å². The summed E-state index contributed by atoms with van der Waals surface area (Å²) in [5.41, 5.74) is 0. The molecule has 5 heteroatoms. The van der Waals surface area contributed by atoms with Gasteiger partial charge in [-0.15, -0.1) is 0 Å². The van der Waals surface area contributed by atoms with E-state index in [0.717, 1.165) is 12.8 Å². The normalized spacial score (nSPS) is 25.6. The molecule has 0 aromatic carbocycles. The van der Waals surface area contributed by atoms with Gasteiger partial charge in [-0.1, -0.05) is 13.3 Å². The largest absolute Gasteiger partial charge is 0.355 e. The number of hydrogen-bond donors (Lipinski definition) is 1. The molecular formula is C9H17NO3S. The van der Waals surface area contributed by atoms with E-state index in [2.05, 4.69) is 5.32 Å². The molecule has 0 saturated carbocycles. The summed E-state index contributed by atoms with van der Waals surface area (Å²) in [5.74, 6) is -0.149. The number of rotatable bonds is 3. The van der Waals surface area contributed by atoms with Crippen molar-refractivity contribution < 1.29 is 13.2 Å². The summed E-state index contributed by atoms with van der Waals surface area (Å²) in [4.78, 5) is 11.5. The Morgan fingerprint density at radius 2 is 2.14 bits per heavy atom. The van der Waals surface area contributed by atoms with Crippen LogP contribution in [0.15, 0.2) is 0 Å². The third kappa shape index (κ3) is 2.70. The minimum Gasteiger partial charge on any atom is -0.355 e. The number of sulfone groups is 1. The minimum absolute atomic E-state index is 0.164. The van der Waals surface area contributed by atoms with Crippen LogP contribution in [0.25, 0.3) is 0 Å². The number of amides is 1. The fraction of sp³-hybridized carbons (Fsp3) is 0.889.